The molecule has 0 saturated heterocycles. The SMILES string of the molecule is CCOc1cc(/C=C\[N+](=O)[O-])ccc1OCc1ccccc1. The summed E-state index contributed by atoms with van der Waals surface area (Å²) in [6.07, 6.45) is 2.32. The van der Waals surface area contributed by atoms with E-state index >= 15 is 0 Å². The largest absolute Gasteiger partial charge is 0.490 e. The van der Waals surface area contributed by atoms with Crippen LogP contribution in [-0.4, -0.2) is 11.5 Å². The molecule has 2 rings (SSSR count). The molecule has 5 nitrogen and oxygen atoms in total. The molecule has 0 aromatic heterocycles. The van der Waals surface area contributed by atoms with E-state index in [1.165, 1.54) is 6.08 Å². The Labute approximate surface area is 129 Å². The van der Waals surface area contributed by atoms with Crippen LogP contribution in [-0.2, 0) is 6.61 Å². The molecular weight excluding hydrogens is 282 g/mol. The lowest BCUT2D eigenvalue weighted by Crippen LogP contribution is -1.99. The molecule has 0 bridgehead atoms. The summed E-state index contributed by atoms with van der Waals surface area (Å²) < 4.78 is 11.3. The first-order chi connectivity index (χ1) is 10.7. The van der Waals surface area contributed by atoms with Gasteiger partial charge in [-0.1, -0.05) is 36.4 Å². The predicted molar refractivity (Wildman–Crippen MR) is 84.4 cm³/mol. The molecule has 0 saturated carbocycles. The number of nitrogens with zero attached hydrogens (tertiary/aromatic N) is 1. The number of rotatable bonds is 7. The molecule has 22 heavy (non-hydrogen) atoms. The van der Waals surface area contributed by atoms with Crippen molar-refractivity contribution in [2.45, 2.75) is 13.5 Å². The quantitative estimate of drug-likeness (QED) is 0.574. The van der Waals surface area contributed by atoms with Gasteiger partial charge in [0.2, 0.25) is 6.20 Å². The van der Waals surface area contributed by atoms with Gasteiger partial charge in [-0.25, -0.2) is 0 Å². The summed E-state index contributed by atoms with van der Waals surface area (Å²) in [5.74, 6) is 1.19. The average molecular weight is 299 g/mol. The summed E-state index contributed by atoms with van der Waals surface area (Å²) in [7, 11) is 0. The second-order valence-corrected chi connectivity index (χ2v) is 4.51. The zero-order valence-electron chi connectivity index (χ0n) is 12.3. The molecule has 114 valence electrons. The molecule has 0 radical (unpaired) electrons. The van der Waals surface area contributed by atoms with Gasteiger partial charge in [0, 0.05) is 6.08 Å². The van der Waals surface area contributed by atoms with Crippen molar-refractivity contribution in [1.82, 2.24) is 0 Å². The van der Waals surface area contributed by atoms with Gasteiger partial charge in [-0.05, 0) is 30.2 Å². The van der Waals surface area contributed by atoms with Crippen LogP contribution < -0.4 is 9.47 Å². The van der Waals surface area contributed by atoms with E-state index in [1.807, 2.05) is 37.3 Å². The molecule has 0 amide bonds. The van der Waals surface area contributed by atoms with E-state index in [9.17, 15) is 10.1 Å². The van der Waals surface area contributed by atoms with Gasteiger partial charge in [-0.15, -0.1) is 0 Å². The molecule has 0 spiro atoms. The van der Waals surface area contributed by atoms with E-state index in [0.29, 0.717) is 30.3 Å². The Morgan fingerprint density at radius 3 is 2.55 bits per heavy atom. The van der Waals surface area contributed by atoms with Crippen LogP contribution in [0.25, 0.3) is 6.08 Å². The second kappa shape index (κ2) is 7.83. The van der Waals surface area contributed by atoms with Crippen molar-refractivity contribution in [3.63, 3.8) is 0 Å². The molecule has 0 aliphatic heterocycles. The average Bonchev–Trinajstić information content (AvgIpc) is 2.53. The zero-order chi connectivity index (χ0) is 15.8. The summed E-state index contributed by atoms with van der Waals surface area (Å²) in [5.41, 5.74) is 1.74. The standard InChI is InChI=1S/C17H17NO4/c1-2-21-17-12-14(10-11-18(19)20)8-9-16(17)22-13-15-6-4-3-5-7-15/h3-12H,2,13H2,1H3/b11-10-. The highest BCUT2D eigenvalue weighted by atomic mass is 16.6. The molecule has 0 fully saturated rings. The second-order valence-electron chi connectivity index (χ2n) is 4.51. The minimum absolute atomic E-state index is 0.436. The molecule has 5 heteroatoms. The van der Waals surface area contributed by atoms with E-state index in [-0.39, 0.29) is 0 Å². The van der Waals surface area contributed by atoms with Gasteiger partial charge in [0.15, 0.2) is 11.5 Å². The van der Waals surface area contributed by atoms with Crippen LogP contribution in [0.4, 0.5) is 0 Å². The van der Waals surface area contributed by atoms with Crippen LogP contribution >= 0.6 is 0 Å². The van der Waals surface area contributed by atoms with Gasteiger partial charge < -0.3 is 9.47 Å². The van der Waals surface area contributed by atoms with Gasteiger partial charge in [0.25, 0.3) is 0 Å². The van der Waals surface area contributed by atoms with Crippen LogP contribution in [0, 0.1) is 10.1 Å². The normalized spacial score (nSPS) is 10.6. The number of benzene rings is 2. The van der Waals surface area contributed by atoms with Crippen molar-refractivity contribution in [2.24, 2.45) is 0 Å². The molecule has 0 heterocycles. The number of hydrogen-bond acceptors (Lipinski definition) is 4. The van der Waals surface area contributed by atoms with E-state index < -0.39 is 4.92 Å². The van der Waals surface area contributed by atoms with E-state index in [2.05, 4.69) is 0 Å². The topological polar surface area (TPSA) is 61.6 Å². The Hall–Kier alpha value is -2.82. The zero-order valence-corrected chi connectivity index (χ0v) is 12.3. The Bertz CT molecular complexity index is 653. The first-order valence-electron chi connectivity index (χ1n) is 6.94. The molecule has 0 aliphatic rings. The Morgan fingerprint density at radius 2 is 1.86 bits per heavy atom. The summed E-state index contributed by atoms with van der Waals surface area (Å²) in [6.45, 7) is 2.80. The first kappa shape index (κ1) is 15.6. The summed E-state index contributed by atoms with van der Waals surface area (Å²) in [4.78, 5) is 9.87. The van der Waals surface area contributed by atoms with Gasteiger partial charge in [0.05, 0.1) is 11.5 Å². The number of ether oxygens (including phenoxy) is 2. The highest BCUT2D eigenvalue weighted by molar-refractivity contribution is 5.55. The van der Waals surface area contributed by atoms with Gasteiger partial charge >= 0.3 is 0 Å². The number of nitro groups is 1. The van der Waals surface area contributed by atoms with Crippen molar-refractivity contribution in [1.29, 1.82) is 0 Å². The Kier molecular flexibility index (Phi) is 5.54. The molecule has 0 aliphatic carbocycles. The molecule has 0 unspecified atom stereocenters. The Morgan fingerprint density at radius 1 is 1.09 bits per heavy atom. The molecular formula is C17H17NO4. The fourth-order valence-electron chi connectivity index (χ4n) is 1.90. The third-order valence-corrected chi connectivity index (χ3v) is 2.89. The van der Waals surface area contributed by atoms with E-state index in [0.717, 1.165) is 11.8 Å². The van der Waals surface area contributed by atoms with Crippen molar-refractivity contribution >= 4 is 6.08 Å². The summed E-state index contributed by atoms with van der Waals surface area (Å²) in [5, 5.41) is 10.4. The van der Waals surface area contributed by atoms with Crippen molar-refractivity contribution in [3.8, 4) is 11.5 Å². The lowest BCUT2D eigenvalue weighted by atomic mass is 10.2. The van der Waals surface area contributed by atoms with Crippen LogP contribution in [0.1, 0.15) is 18.1 Å². The van der Waals surface area contributed by atoms with Crippen LogP contribution in [0.5, 0.6) is 11.5 Å². The minimum Gasteiger partial charge on any atom is -0.490 e. The number of hydrogen-bond donors (Lipinski definition) is 0. The minimum atomic E-state index is -0.500. The van der Waals surface area contributed by atoms with Crippen molar-refractivity contribution in [2.75, 3.05) is 6.61 Å². The van der Waals surface area contributed by atoms with Gasteiger partial charge in [-0.3, -0.25) is 10.1 Å². The maximum absolute atomic E-state index is 10.4. The highest BCUT2D eigenvalue weighted by Gasteiger charge is 2.06. The lowest BCUT2D eigenvalue weighted by molar-refractivity contribution is -0.400. The van der Waals surface area contributed by atoms with Crippen LogP contribution in [0.3, 0.4) is 0 Å². The van der Waals surface area contributed by atoms with E-state index in [1.54, 1.807) is 18.2 Å². The fraction of sp³-hybridized carbons (Fsp3) is 0.176. The van der Waals surface area contributed by atoms with Gasteiger partial charge in [0.1, 0.15) is 6.61 Å². The highest BCUT2D eigenvalue weighted by Crippen LogP contribution is 2.29. The van der Waals surface area contributed by atoms with Crippen molar-refractivity contribution < 1.29 is 14.4 Å². The molecule has 2 aromatic rings. The van der Waals surface area contributed by atoms with Crippen LogP contribution in [0.2, 0.25) is 0 Å². The predicted octanol–water partition coefficient (Wildman–Crippen LogP) is 3.91. The smallest absolute Gasteiger partial charge is 0.235 e. The maximum Gasteiger partial charge on any atom is 0.235 e. The van der Waals surface area contributed by atoms with E-state index in [4.69, 9.17) is 9.47 Å². The summed E-state index contributed by atoms with van der Waals surface area (Å²) in [6, 6.07) is 15.1. The first-order valence-corrected chi connectivity index (χ1v) is 6.94. The molecule has 0 atom stereocenters. The third-order valence-electron chi connectivity index (χ3n) is 2.89. The third kappa shape index (κ3) is 4.63. The lowest BCUT2D eigenvalue weighted by Gasteiger charge is -2.12. The fourth-order valence-corrected chi connectivity index (χ4v) is 1.90. The maximum atomic E-state index is 10.4. The van der Waals surface area contributed by atoms with Gasteiger partial charge in [-0.2, -0.15) is 0 Å². The molecule has 0 N–H and O–H groups in total. The summed E-state index contributed by atoms with van der Waals surface area (Å²) >= 11 is 0. The monoisotopic (exact) mass is 299 g/mol. The van der Waals surface area contributed by atoms with Crippen LogP contribution in [0.15, 0.2) is 54.7 Å². The molecule has 2 aromatic carbocycles. The van der Waals surface area contributed by atoms with Crippen molar-refractivity contribution in [3.05, 3.63) is 76.0 Å². The Balaban J connectivity index is 2.14.